The van der Waals surface area contributed by atoms with Gasteiger partial charge >= 0.3 is 0 Å². The van der Waals surface area contributed by atoms with Gasteiger partial charge in [-0.15, -0.1) is 0 Å². The maximum absolute atomic E-state index is 12.9. The third-order valence-corrected chi connectivity index (χ3v) is 7.89. The molecule has 0 aromatic heterocycles. The van der Waals surface area contributed by atoms with E-state index in [9.17, 15) is 13.2 Å². The molecular weight excluding hydrogens is 436 g/mol. The van der Waals surface area contributed by atoms with Gasteiger partial charge in [-0.2, -0.15) is 0 Å². The highest BCUT2D eigenvalue weighted by Crippen LogP contribution is 2.60. The third-order valence-electron chi connectivity index (χ3n) is 7.28. The van der Waals surface area contributed by atoms with Gasteiger partial charge in [-0.25, -0.2) is 8.42 Å². The average molecular weight is 471 g/mol. The maximum atomic E-state index is 12.9. The summed E-state index contributed by atoms with van der Waals surface area (Å²) in [6.45, 7) is 2.92. The highest BCUT2D eigenvalue weighted by molar-refractivity contribution is 7.92. The maximum Gasteiger partial charge on any atom is 0.229 e. The first-order chi connectivity index (χ1) is 15.6. The van der Waals surface area contributed by atoms with Crippen LogP contribution in [0.25, 0.3) is 0 Å². The van der Waals surface area contributed by atoms with Gasteiger partial charge in [0.2, 0.25) is 15.9 Å². The lowest BCUT2D eigenvalue weighted by Crippen LogP contribution is -2.36. The van der Waals surface area contributed by atoms with Crippen LogP contribution in [0.2, 0.25) is 0 Å². The van der Waals surface area contributed by atoms with Crippen molar-refractivity contribution >= 4 is 21.6 Å². The second-order valence-electron chi connectivity index (χ2n) is 9.78. The predicted molar refractivity (Wildman–Crippen MR) is 132 cm³/mol. The Hall–Kier alpha value is -2.42. The Morgan fingerprint density at radius 3 is 2.55 bits per heavy atom. The normalized spacial score (nSPS) is 26.3. The van der Waals surface area contributed by atoms with E-state index in [-0.39, 0.29) is 17.7 Å². The summed E-state index contributed by atoms with van der Waals surface area (Å²) in [6.07, 6.45) is 2.92. The van der Waals surface area contributed by atoms with E-state index in [1.54, 1.807) is 18.2 Å². The zero-order chi connectivity index (χ0) is 23.8. The minimum absolute atomic E-state index is 0.0595. The quantitative estimate of drug-likeness (QED) is 0.586. The molecule has 7 nitrogen and oxygen atoms in total. The number of carbonyl (C=O) groups is 1. The van der Waals surface area contributed by atoms with Gasteiger partial charge in [-0.1, -0.05) is 42.5 Å². The smallest absolute Gasteiger partial charge is 0.229 e. The number of amides is 1. The molecular formula is C25H34N4O3S. The number of anilines is 1. The van der Waals surface area contributed by atoms with Crippen molar-refractivity contribution in [2.75, 3.05) is 44.7 Å². The van der Waals surface area contributed by atoms with E-state index in [1.807, 2.05) is 24.3 Å². The van der Waals surface area contributed by atoms with Gasteiger partial charge < -0.3 is 15.5 Å². The number of primary amides is 1. The van der Waals surface area contributed by atoms with E-state index in [2.05, 4.69) is 40.7 Å². The van der Waals surface area contributed by atoms with Crippen LogP contribution in [0, 0.1) is 5.92 Å². The molecule has 1 amide bonds. The lowest BCUT2D eigenvalue weighted by Gasteiger charge is -2.27. The number of likely N-dealkylation sites (tertiary alicyclic amines) is 1. The van der Waals surface area contributed by atoms with Gasteiger partial charge in [-0.05, 0) is 62.7 Å². The number of nitrogens with zero attached hydrogens (tertiary/aromatic N) is 2. The Morgan fingerprint density at radius 1 is 1.21 bits per heavy atom. The first kappa shape index (κ1) is 23.7. The number of benzene rings is 2. The molecule has 2 aliphatic rings. The molecule has 0 bridgehead atoms. The second-order valence-corrected chi connectivity index (χ2v) is 11.5. The van der Waals surface area contributed by atoms with Gasteiger partial charge in [0.15, 0.2) is 0 Å². The molecule has 4 rings (SSSR count). The molecule has 1 saturated heterocycles. The van der Waals surface area contributed by atoms with Gasteiger partial charge in [-0.3, -0.25) is 9.52 Å². The Labute approximate surface area is 197 Å². The highest BCUT2D eigenvalue weighted by Gasteiger charge is 2.63. The highest BCUT2D eigenvalue weighted by atomic mass is 32.2. The molecule has 1 heterocycles. The summed E-state index contributed by atoms with van der Waals surface area (Å²) in [5.74, 6) is -0.132. The number of hydrogen-bond acceptors (Lipinski definition) is 5. The fraction of sp³-hybridized carbons (Fsp3) is 0.480. The lowest BCUT2D eigenvalue weighted by atomic mass is 9.84. The molecule has 3 N–H and O–H groups in total. The SMILES string of the molecule is CN(C)[C@H]1CCN(C[C@H](c2ccccc2)C2CC2(C(N)=O)c2cccc(NS(C)(=O)=O)c2)C1. The topological polar surface area (TPSA) is 95.7 Å². The van der Waals surface area contributed by atoms with E-state index in [0.717, 1.165) is 37.9 Å². The summed E-state index contributed by atoms with van der Waals surface area (Å²) < 4.78 is 26.0. The van der Waals surface area contributed by atoms with Crippen LogP contribution >= 0.6 is 0 Å². The number of nitrogens with one attached hydrogen (secondary N) is 1. The van der Waals surface area contributed by atoms with E-state index >= 15 is 0 Å². The van der Waals surface area contributed by atoms with E-state index in [4.69, 9.17) is 5.73 Å². The lowest BCUT2D eigenvalue weighted by molar-refractivity contribution is -0.120. The van der Waals surface area contributed by atoms with Crippen molar-refractivity contribution in [2.24, 2.45) is 11.7 Å². The van der Waals surface area contributed by atoms with Crippen LogP contribution in [0.4, 0.5) is 5.69 Å². The summed E-state index contributed by atoms with van der Waals surface area (Å²) in [7, 11) is 0.832. The first-order valence-electron chi connectivity index (χ1n) is 11.4. The van der Waals surface area contributed by atoms with Crippen molar-refractivity contribution in [2.45, 2.75) is 30.2 Å². The summed E-state index contributed by atoms with van der Waals surface area (Å²) in [4.78, 5) is 17.6. The molecule has 2 fully saturated rings. The number of nitrogens with two attached hydrogens (primary N) is 1. The minimum Gasteiger partial charge on any atom is -0.369 e. The van der Waals surface area contributed by atoms with Crippen molar-refractivity contribution in [3.8, 4) is 0 Å². The number of hydrogen-bond donors (Lipinski definition) is 2. The van der Waals surface area contributed by atoms with Crippen molar-refractivity contribution < 1.29 is 13.2 Å². The van der Waals surface area contributed by atoms with Gasteiger partial charge in [0, 0.05) is 30.7 Å². The molecule has 0 spiro atoms. The molecule has 2 unspecified atom stereocenters. The summed E-state index contributed by atoms with van der Waals surface area (Å²) in [6, 6.07) is 18.0. The third kappa shape index (κ3) is 5.08. The Balaban J connectivity index is 1.64. The molecule has 8 heteroatoms. The minimum atomic E-state index is -3.42. The zero-order valence-corrected chi connectivity index (χ0v) is 20.4. The molecule has 1 aliphatic heterocycles. The molecule has 1 aliphatic carbocycles. The predicted octanol–water partition coefficient (Wildman–Crippen LogP) is 2.22. The van der Waals surface area contributed by atoms with Crippen LogP contribution in [0.1, 0.15) is 29.9 Å². The van der Waals surface area contributed by atoms with Crippen LogP contribution in [0.5, 0.6) is 0 Å². The number of carbonyl (C=O) groups excluding carboxylic acids is 1. The molecule has 33 heavy (non-hydrogen) atoms. The Kier molecular flexibility index (Phi) is 6.53. The molecule has 1 saturated carbocycles. The van der Waals surface area contributed by atoms with Crippen molar-refractivity contribution in [1.82, 2.24) is 9.80 Å². The number of likely N-dealkylation sites (N-methyl/N-ethyl adjacent to an activating group) is 1. The van der Waals surface area contributed by atoms with E-state index in [1.165, 1.54) is 5.56 Å². The van der Waals surface area contributed by atoms with Crippen LogP contribution in [-0.2, 0) is 20.2 Å². The van der Waals surface area contributed by atoms with E-state index < -0.39 is 15.4 Å². The van der Waals surface area contributed by atoms with Gasteiger partial charge in [0.1, 0.15) is 0 Å². The zero-order valence-electron chi connectivity index (χ0n) is 19.6. The Bertz CT molecular complexity index is 1110. The van der Waals surface area contributed by atoms with Crippen LogP contribution in [0.15, 0.2) is 54.6 Å². The molecule has 2 aromatic rings. The largest absolute Gasteiger partial charge is 0.369 e. The fourth-order valence-corrected chi connectivity index (χ4v) is 6.00. The molecule has 0 radical (unpaired) electrons. The van der Waals surface area contributed by atoms with Gasteiger partial charge in [0.05, 0.1) is 11.7 Å². The molecule has 4 atom stereocenters. The second kappa shape index (κ2) is 9.08. The van der Waals surface area contributed by atoms with Crippen molar-refractivity contribution in [1.29, 1.82) is 0 Å². The van der Waals surface area contributed by atoms with Crippen LogP contribution in [0.3, 0.4) is 0 Å². The molecule has 178 valence electrons. The molecule has 2 aromatic carbocycles. The monoisotopic (exact) mass is 470 g/mol. The first-order valence-corrected chi connectivity index (χ1v) is 13.3. The van der Waals surface area contributed by atoms with Crippen LogP contribution in [-0.4, -0.2) is 70.2 Å². The standard InChI is InChI=1S/C25H34N4O3S/c1-28(2)21-12-13-29(16-21)17-22(18-8-5-4-6-9-18)23-15-25(23,24(26)30)19-10-7-11-20(14-19)27-33(3,31)32/h4-11,14,21-23,27H,12-13,15-17H2,1-3H3,(H2,26,30)/t21-,22+,23?,25?/m0/s1. The Morgan fingerprint density at radius 2 is 1.94 bits per heavy atom. The van der Waals surface area contributed by atoms with E-state index in [0.29, 0.717) is 18.2 Å². The fourth-order valence-electron chi connectivity index (χ4n) is 5.45. The summed E-state index contributed by atoms with van der Waals surface area (Å²) in [5.41, 5.74) is 7.67. The summed E-state index contributed by atoms with van der Waals surface area (Å²) >= 11 is 0. The number of rotatable bonds is 9. The number of sulfonamides is 1. The van der Waals surface area contributed by atoms with Crippen molar-refractivity contribution in [3.63, 3.8) is 0 Å². The van der Waals surface area contributed by atoms with Crippen LogP contribution < -0.4 is 10.5 Å². The van der Waals surface area contributed by atoms with Crippen molar-refractivity contribution in [3.05, 3.63) is 65.7 Å². The average Bonchev–Trinajstić information content (AvgIpc) is 3.33. The summed E-state index contributed by atoms with van der Waals surface area (Å²) in [5, 5.41) is 0. The van der Waals surface area contributed by atoms with Gasteiger partial charge in [0.25, 0.3) is 0 Å².